The van der Waals surface area contributed by atoms with Gasteiger partial charge in [-0.2, -0.15) is 5.26 Å². The van der Waals surface area contributed by atoms with Crippen molar-refractivity contribution >= 4 is 17.1 Å². The summed E-state index contributed by atoms with van der Waals surface area (Å²) in [7, 11) is 0. The molecule has 0 atom stereocenters. The first-order chi connectivity index (χ1) is 9.85. The van der Waals surface area contributed by atoms with Crippen molar-refractivity contribution in [1.29, 1.82) is 5.26 Å². The van der Waals surface area contributed by atoms with Gasteiger partial charge in [0.2, 0.25) is 0 Å². The maximum atomic E-state index is 11.4. The van der Waals surface area contributed by atoms with Gasteiger partial charge in [-0.25, -0.2) is 0 Å². The van der Waals surface area contributed by atoms with E-state index in [1.54, 1.807) is 4.57 Å². The van der Waals surface area contributed by atoms with Crippen molar-refractivity contribution in [2.24, 2.45) is 0 Å². The molecule has 1 heterocycles. The Kier molecular flexibility index (Phi) is 3.06. The molecule has 2 aromatic carbocycles. The zero-order valence-electron chi connectivity index (χ0n) is 10.8. The molecule has 0 N–H and O–H groups in total. The van der Waals surface area contributed by atoms with Crippen LogP contribution in [-0.4, -0.2) is 10.9 Å². The fourth-order valence-corrected chi connectivity index (χ4v) is 2.50. The van der Waals surface area contributed by atoms with E-state index < -0.39 is 0 Å². The number of hydrogen-bond donors (Lipinski definition) is 0. The summed E-state index contributed by atoms with van der Waals surface area (Å²) in [6.07, 6.45) is 0.826. The van der Waals surface area contributed by atoms with Gasteiger partial charge in [-0.3, -0.25) is 4.79 Å². The largest absolute Gasteiger partial charge is 0.325 e. The second-order valence-corrected chi connectivity index (χ2v) is 4.58. The molecule has 0 aliphatic rings. The van der Waals surface area contributed by atoms with Crippen LogP contribution in [0.3, 0.4) is 0 Å². The zero-order valence-corrected chi connectivity index (χ0v) is 10.8. The van der Waals surface area contributed by atoms with Crippen molar-refractivity contribution in [3.8, 4) is 6.07 Å². The standard InChI is InChI=1S/C17H12N2O/c18-10-16-14-8-4-5-9-15(14)17(12-20)19(16)11-13-6-2-1-3-7-13/h1-9,12H,11H2. The van der Waals surface area contributed by atoms with Gasteiger partial charge in [0.1, 0.15) is 11.8 Å². The van der Waals surface area contributed by atoms with E-state index in [4.69, 9.17) is 0 Å². The van der Waals surface area contributed by atoms with Crippen LogP contribution in [0.1, 0.15) is 21.7 Å². The Hall–Kier alpha value is -2.86. The molecule has 0 radical (unpaired) electrons. The second kappa shape index (κ2) is 5.02. The Morgan fingerprint density at radius 3 is 2.30 bits per heavy atom. The van der Waals surface area contributed by atoms with Crippen LogP contribution in [0.2, 0.25) is 0 Å². The molecule has 96 valence electrons. The maximum Gasteiger partial charge on any atom is 0.167 e. The molecular weight excluding hydrogens is 248 g/mol. The molecule has 20 heavy (non-hydrogen) atoms. The highest BCUT2D eigenvalue weighted by Crippen LogP contribution is 2.25. The topological polar surface area (TPSA) is 45.8 Å². The highest BCUT2D eigenvalue weighted by atomic mass is 16.1. The Labute approximate surface area is 116 Å². The molecule has 0 saturated carbocycles. The molecule has 1 aromatic heterocycles. The molecule has 0 fully saturated rings. The van der Waals surface area contributed by atoms with Crippen molar-refractivity contribution in [1.82, 2.24) is 4.57 Å². The fraction of sp³-hybridized carbons (Fsp3) is 0.0588. The number of nitriles is 1. The normalized spacial score (nSPS) is 10.3. The minimum atomic E-state index is 0.520. The Morgan fingerprint density at radius 2 is 1.65 bits per heavy atom. The molecule has 3 aromatic rings. The SMILES string of the molecule is N#Cc1c2ccccc2c(C=O)n1Cc1ccccc1. The number of fused-ring (bicyclic) bond motifs is 1. The summed E-state index contributed by atoms with van der Waals surface area (Å²) in [5.41, 5.74) is 2.15. The second-order valence-electron chi connectivity index (χ2n) is 4.58. The lowest BCUT2D eigenvalue weighted by Crippen LogP contribution is -2.06. The van der Waals surface area contributed by atoms with Gasteiger partial charge in [0.05, 0.1) is 5.69 Å². The smallest absolute Gasteiger partial charge is 0.167 e. The van der Waals surface area contributed by atoms with Crippen LogP contribution in [0.5, 0.6) is 0 Å². The lowest BCUT2D eigenvalue weighted by atomic mass is 10.1. The molecule has 3 rings (SSSR count). The summed E-state index contributed by atoms with van der Waals surface area (Å²) < 4.78 is 1.78. The fourth-order valence-electron chi connectivity index (χ4n) is 2.50. The van der Waals surface area contributed by atoms with Crippen molar-refractivity contribution in [3.63, 3.8) is 0 Å². The lowest BCUT2D eigenvalue weighted by Gasteiger charge is -2.07. The van der Waals surface area contributed by atoms with Gasteiger partial charge in [-0.1, -0.05) is 54.6 Å². The van der Waals surface area contributed by atoms with Gasteiger partial charge in [-0.15, -0.1) is 0 Å². The van der Waals surface area contributed by atoms with E-state index in [9.17, 15) is 10.1 Å². The Morgan fingerprint density at radius 1 is 1.00 bits per heavy atom. The number of aldehydes is 1. The number of hydrogen-bond acceptors (Lipinski definition) is 2. The average molecular weight is 260 g/mol. The lowest BCUT2D eigenvalue weighted by molar-refractivity contribution is 0.111. The molecule has 0 amide bonds. The summed E-state index contributed by atoms with van der Waals surface area (Å²) in [6.45, 7) is 0.520. The van der Waals surface area contributed by atoms with Crippen molar-refractivity contribution in [3.05, 3.63) is 71.5 Å². The van der Waals surface area contributed by atoms with Gasteiger partial charge < -0.3 is 4.57 Å². The number of rotatable bonds is 3. The summed E-state index contributed by atoms with van der Waals surface area (Å²) in [5.74, 6) is 0. The summed E-state index contributed by atoms with van der Waals surface area (Å²) in [4.78, 5) is 11.4. The molecular formula is C17H12N2O. The summed E-state index contributed by atoms with van der Waals surface area (Å²) in [5, 5.41) is 11.1. The monoisotopic (exact) mass is 260 g/mol. The van der Waals surface area contributed by atoms with E-state index in [1.165, 1.54) is 0 Å². The third-order valence-corrected chi connectivity index (χ3v) is 3.42. The highest BCUT2D eigenvalue weighted by Gasteiger charge is 2.15. The zero-order chi connectivity index (χ0) is 13.9. The quantitative estimate of drug-likeness (QED) is 0.678. The van der Waals surface area contributed by atoms with E-state index in [-0.39, 0.29) is 0 Å². The molecule has 3 nitrogen and oxygen atoms in total. The van der Waals surface area contributed by atoms with Crippen LogP contribution in [0.4, 0.5) is 0 Å². The van der Waals surface area contributed by atoms with Gasteiger partial charge in [0, 0.05) is 17.3 Å². The van der Waals surface area contributed by atoms with E-state index in [0.717, 1.165) is 22.6 Å². The number of aromatic nitrogens is 1. The first-order valence-electron chi connectivity index (χ1n) is 6.35. The third-order valence-electron chi connectivity index (χ3n) is 3.42. The minimum absolute atomic E-state index is 0.520. The summed E-state index contributed by atoms with van der Waals surface area (Å²) in [6, 6.07) is 19.5. The van der Waals surface area contributed by atoms with Gasteiger partial charge in [0.25, 0.3) is 0 Å². The van der Waals surface area contributed by atoms with Crippen LogP contribution in [-0.2, 0) is 6.54 Å². The summed E-state index contributed by atoms with van der Waals surface area (Å²) >= 11 is 0. The van der Waals surface area contributed by atoms with Crippen molar-refractivity contribution in [2.45, 2.75) is 6.54 Å². The van der Waals surface area contributed by atoms with E-state index in [2.05, 4.69) is 6.07 Å². The molecule has 0 spiro atoms. The van der Waals surface area contributed by atoms with E-state index in [1.807, 2.05) is 54.6 Å². The van der Waals surface area contributed by atoms with Gasteiger partial charge >= 0.3 is 0 Å². The first kappa shape index (κ1) is 12.2. The predicted molar refractivity (Wildman–Crippen MR) is 77.6 cm³/mol. The van der Waals surface area contributed by atoms with E-state index in [0.29, 0.717) is 17.9 Å². The van der Waals surface area contributed by atoms with Crippen molar-refractivity contribution < 1.29 is 4.79 Å². The third kappa shape index (κ3) is 1.88. The van der Waals surface area contributed by atoms with Crippen molar-refractivity contribution in [2.75, 3.05) is 0 Å². The number of carbonyl (C=O) groups is 1. The molecule has 3 heteroatoms. The molecule has 0 unspecified atom stereocenters. The Balaban J connectivity index is 2.24. The number of benzene rings is 2. The van der Waals surface area contributed by atoms with E-state index >= 15 is 0 Å². The minimum Gasteiger partial charge on any atom is -0.325 e. The molecule has 0 bridgehead atoms. The van der Waals surface area contributed by atoms with Gasteiger partial charge in [-0.05, 0) is 5.56 Å². The van der Waals surface area contributed by atoms with Crippen LogP contribution in [0.15, 0.2) is 54.6 Å². The molecule has 0 saturated heterocycles. The van der Waals surface area contributed by atoms with Crippen LogP contribution >= 0.6 is 0 Å². The molecule has 0 aliphatic heterocycles. The average Bonchev–Trinajstić information content (AvgIpc) is 2.80. The van der Waals surface area contributed by atoms with Crippen LogP contribution in [0.25, 0.3) is 10.8 Å². The molecule has 0 aliphatic carbocycles. The highest BCUT2D eigenvalue weighted by molar-refractivity contribution is 6.00. The van der Waals surface area contributed by atoms with Crippen LogP contribution < -0.4 is 0 Å². The number of carbonyl (C=O) groups excluding carboxylic acids is 1. The van der Waals surface area contributed by atoms with Gasteiger partial charge in [0.15, 0.2) is 6.29 Å². The predicted octanol–water partition coefficient (Wildman–Crippen LogP) is 3.37. The maximum absolute atomic E-state index is 11.4. The number of nitrogens with zero attached hydrogens (tertiary/aromatic N) is 2. The first-order valence-corrected chi connectivity index (χ1v) is 6.35. The van der Waals surface area contributed by atoms with Crippen LogP contribution in [0, 0.1) is 11.3 Å². The Bertz CT molecular complexity index is 810.